The first-order valence-electron chi connectivity index (χ1n) is 10.0. The molecule has 1 fully saturated rings. The summed E-state index contributed by atoms with van der Waals surface area (Å²) < 4.78 is 6.26. The van der Waals surface area contributed by atoms with Gasteiger partial charge in [-0.3, -0.25) is 4.79 Å². The van der Waals surface area contributed by atoms with Crippen LogP contribution in [0.15, 0.2) is 60.7 Å². The molecule has 2 atom stereocenters. The largest absolute Gasteiger partial charge is 0.375 e. The second-order valence-electron chi connectivity index (χ2n) is 7.01. The van der Waals surface area contributed by atoms with Crippen molar-refractivity contribution in [1.82, 2.24) is 5.32 Å². The summed E-state index contributed by atoms with van der Waals surface area (Å²) in [6.07, 6.45) is 3.43. The Balaban J connectivity index is 1.63. The maximum atomic E-state index is 12.7. The summed E-state index contributed by atoms with van der Waals surface area (Å²) in [5.74, 6) is 0.158. The van der Waals surface area contributed by atoms with Crippen molar-refractivity contribution in [1.29, 1.82) is 0 Å². The molecule has 2 aromatic carbocycles. The molecule has 1 N–H and O–H groups in total. The topological polar surface area (TPSA) is 41.6 Å². The van der Waals surface area contributed by atoms with E-state index in [4.69, 9.17) is 4.74 Å². The van der Waals surface area contributed by atoms with Gasteiger partial charge in [0.05, 0.1) is 12.1 Å². The van der Waals surface area contributed by atoms with Gasteiger partial charge in [-0.15, -0.1) is 0 Å². The minimum atomic E-state index is 0.0187. The summed E-state index contributed by atoms with van der Waals surface area (Å²) in [5.41, 5.74) is 2.31. The first-order valence-corrected chi connectivity index (χ1v) is 10.0. The first-order chi connectivity index (χ1) is 13.3. The van der Waals surface area contributed by atoms with Crippen LogP contribution in [-0.4, -0.2) is 37.7 Å². The molecule has 27 heavy (non-hydrogen) atoms. The Bertz CT molecular complexity index is 690. The van der Waals surface area contributed by atoms with Gasteiger partial charge < -0.3 is 15.0 Å². The number of benzene rings is 2. The normalized spacial score (nSPS) is 19.6. The zero-order chi connectivity index (χ0) is 18.9. The summed E-state index contributed by atoms with van der Waals surface area (Å²) in [6.45, 7) is 4.33. The van der Waals surface area contributed by atoms with Crippen LogP contribution in [0.4, 0.5) is 5.69 Å². The number of carbonyl (C=O) groups excluding carboxylic acids is 1. The summed E-state index contributed by atoms with van der Waals surface area (Å²) in [7, 11) is 0. The van der Waals surface area contributed by atoms with Crippen LogP contribution in [0, 0.1) is 0 Å². The Labute approximate surface area is 162 Å². The molecule has 144 valence electrons. The van der Waals surface area contributed by atoms with E-state index in [0.29, 0.717) is 13.0 Å². The van der Waals surface area contributed by atoms with E-state index in [1.165, 1.54) is 5.56 Å². The number of aryl methyl sites for hydroxylation is 1. The van der Waals surface area contributed by atoms with Crippen molar-refractivity contribution in [3.05, 3.63) is 66.2 Å². The molecule has 0 saturated carbocycles. The summed E-state index contributed by atoms with van der Waals surface area (Å²) in [6, 6.07) is 20.6. The van der Waals surface area contributed by atoms with E-state index < -0.39 is 0 Å². The van der Waals surface area contributed by atoms with Crippen molar-refractivity contribution in [3.63, 3.8) is 0 Å². The lowest BCUT2D eigenvalue weighted by Crippen LogP contribution is -2.56. The highest BCUT2D eigenvalue weighted by atomic mass is 16.5. The van der Waals surface area contributed by atoms with E-state index in [-0.39, 0.29) is 18.1 Å². The Morgan fingerprint density at radius 1 is 1.11 bits per heavy atom. The van der Waals surface area contributed by atoms with Gasteiger partial charge in [-0.1, -0.05) is 55.5 Å². The van der Waals surface area contributed by atoms with E-state index in [1.807, 2.05) is 48.2 Å². The third-order valence-electron chi connectivity index (χ3n) is 5.11. The molecule has 0 radical (unpaired) electrons. The standard InChI is InChI=1S/C23H30N2O2/c1-2-23(26)25(20-13-7-4-8-14-20)21-15-16-24-18-22(21)27-17-9-12-19-10-5-3-6-11-19/h3-8,10-11,13-14,21-22,24H,2,9,12,15-18H2,1H3. The predicted molar refractivity (Wildman–Crippen MR) is 110 cm³/mol. The highest BCUT2D eigenvalue weighted by Gasteiger charge is 2.33. The average molecular weight is 367 g/mol. The van der Waals surface area contributed by atoms with Crippen molar-refractivity contribution in [2.75, 3.05) is 24.6 Å². The lowest BCUT2D eigenvalue weighted by atomic mass is 9.99. The van der Waals surface area contributed by atoms with Gasteiger partial charge >= 0.3 is 0 Å². The molecule has 0 spiro atoms. The molecule has 1 heterocycles. The number of carbonyl (C=O) groups is 1. The summed E-state index contributed by atoms with van der Waals surface area (Å²) in [4.78, 5) is 14.7. The number of hydrogen-bond donors (Lipinski definition) is 1. The predicted octanol–water partition coefficient (Wildman–Crippen LogP) is 3.81. The van der Waals surface area contributed by atoms with Gasteiger partial charge in [0, 0.05) is 25.3 Å². The number of nitrogens with one attached hydrogen (secondary N) is 1. The summed E-state index contributed by atoms with van der Waals surface area (Å²) in [5, 5.41) is 3.42. The highest BCUT2D eigenvalue weighted by molar-refractivity contribution is 5.93. The number of anilines is 1. The van der Waals surface area contributed by atoms with Gasteiger partial charge in [0.2, 0.25) is 5.91 Å². The molecule has 2 unspecified atom stereocenters. The fraction of sp³-hybridized carbons (Fsp3) is 0.435. The molecule has 1 aliphatic heterocycles. The summed E-state index contributed by atoms with van der Waals surface area (Å²) >= 11 is 0. The number of ether oxygens (including phenoxy) is 1. The van der Waals surface area contributed by atoms with Crippen molar-refractivity contribution >= 4 is 11.6 Å². The first kappa shape index (κ1) is 19.6. The molecule has 1 amide bonds. The van der Waals surface area contributed by atoms with Gasteiger partial charge in [-0.25, -0.2) is 0 Å². The molecule has 2 aromatic rings. The molecule has 0 aromatic heterocycles. The zero-order valence-electron chi connectivity index (χ0n) is 16.1. The average Bonchev–Trinajstić information content (AvgIpc) is 2.74. The van der Waals surface area contributed by atoms with Gasteiger partial charge in [-0.05, 0) is 43.5 Å². The molecule has 1 saturated heterocycles. The van der Waals surface area contributed by atoms with E-state index in [9.17, 15) is 4.79 Å². The van der Waals surface area contributed by atoms with Crippen molar-refractivity contribution < 1.29 is 9.53 Å². The van der Waals surface area contributed by atoms with Crippen molar-refractivity contribution in [2.24, 2.45) is 0 Å². The van der Waals surface area contributed by atoms with Crippen molar-refractivity contribution in [2.45, 2.75) is 44.8 Å². The quantitative estimate of drug-likeness (QED) is 0.723. The highest BCUT2D eigenvalue weighted by Crippen LogP contribution is 2.24. The Kier molecular flexibility index (Phi) is 7.43. The SMILES string of the molecule is CCC(=O)N(c1ccccc1)C1CCNCC1OCCCc1ccccc1. The minimum absolute atomic E-state index is 0.0187. The lowest BCUT2D eigenvalue weighted by Gasteiger charge is -2.40. The molecule has 3 rings (SSSR count). The van der Waals surface area contributed by atoms with Crippen LogP contribution in [0.1, 0.15) is 31.7 Å². The Morgan fingerprint density at radius 2 is 1.81 bits per heavy atom. The lowest BCUT2D eigenvalue weighted by molar-refractivity contribution is -0.119. The van der Waals surface area contributed by atoms with E-state index in [2.05, 4.69) is 29.6 Å². The van der Waals surface area contributed by atoms with Crippen LogP contribution in [-0.2, 0) is 16.0 Å². The monoisotopic (exact) mass is 366 g/mol. The van der Waals surface area contributed by atoms with Crippen LogP contribution in [0.25, 0.3) is 0 Å². The van der Waals surface area contributed by atoms with Crippen LogP contribution in [0.2, 0.25) is 0 Å². The molecule has 1 aliphatic rings. The van der Waals surface area contributed by atoms with Crippen molar-refractivity contribution in [3.8, 4) is 0 Å². The number of para-hydroxylation sites is 1. The second kappa shape index (κ2) is 10.2. The molecule has 0 aliphatic carbocycles. The molecule has 4 heteroatoms. The fourth-order valence-corrected chi connectivity index (χ4v) is 3.72. The molecular formula is C23H30N2O2. The van der Waals surface area contributed by atoms with Gasteiger partial charge in [-0.2, -0.15) is 0 Å². The van der Waals surface area contributed by atoms with E-state index in [1.54, 1.807) is 0 Å². The maximum Gasteiger partial charge on any atom is 0.227 e. The number of amides is 1. The van der Waals surface area contributed by atoms with Crippen LogP contribution < -0.4 is 10.2 Å². The number of piperidine rings is 1. The van der Waals surface area contributed by atoms with Gasteiger partial charge in [0.1, 0.15) is 0 Å². The van der Waals surface area contributed by atoms with Crippen LogP contribution in [0.3, 0.4) is 0 Å². The molecular weight excluding hydrogens is 336 g/mol. The number of rotatable bonds is 8. The maximum absolute atomic E-state index is 12.7. The number of nitrogens with zero attached hydrogens (tertiary/aromatic N) is 1. The Morgan fingerprint density at radius 3 is 2.52 bits per heavy atom. The van der Waals surface area contributed by atoms with E-state index >= 15 is 0 Å². The minimum Gasteiger partial charge on any atom is -0.375 e. The van der Waals surface area contributed by atoms with Gasteiger partial charge in [0.25, 0.3) is 0 Å². The van der Waals surface area contributed by atoms with Crippen LogP contribution in [0.5, 0.6) is 0 Å². The fourth-order valence-electron chi connectivity index (χ4n) is 3.72. The third-order valence-corrected chi connectivity index (χ3v) is 5.11. The molecule has 0 bridgehead atoms. The number of hydrogen-bond acceptors (Lipinski definition) is 3. The van der Waals surface area contributed by atoms with E-state index in [0.717, 1.165) is 38.0 Å². The van der Waals surface area contributed by atoms with Crippen LogP contribution >= 0.6 is 0 Å². The Hall–Kier alpha value is -2.17. The zero-order valence-corrected chi connectivity index (χ0v) is 16.1. The van der Waals surface area contributed by atoms with Gasteiger partial charge in [0.15, 0.2) is 0 Å². The molecule has 4 nitrogen and oxygen atoms in total. The second-order valence-corrected chi connectivity index (χ2v) is 7.01. The smallest absolute Gasteiger partial charge is 0.227 e. The third kappa shape index (κ3) is 5.41.